The smallest absolute Gasteiger partial charge is 0.124 e. The van der Waals surface area contributed by atoms with Crippen molar-refractivity contribution in [2.45, 2.75) is 20.4 Å². The van der Waals surface area contributed by atoms with Gasteiger partial charge in [0.05, 0.1) is 0 Å². The molecule has 0 atom stereocenters. The van der Waals surface area contributed by atoms with E-state index in [1.165, 1.54) is 21.9 Å². The van der Waals surface area contributed by atoms with Gasteiger partial charge in [0.2, 0.25) is 0 Å². The van der Waals surface area contributed by atoms with Gasteiger partial charge in [0, 0.05) is 12.1 Å². The van der Waals surface area contributed by atoms with Crippen LogP contribution in [0.3, 0.4) is 0 Å². The molecule has 1 N–H and O–H groups in total. The zero-order valence-corrected chi connectivity index (χ0v) is 15.1. The van der Waals surface area contributed by atoms with Crippen LogP contribution in [0.4, 0.5) is 0 Å². The maximum Gasteiger partial charge on any atom is 0.124 e. The van der Waals surface area contributed by atoms with E-state index in [0.717, 1.165) is 23.6 Å². The number of hydrogen-bond acceptors (Lipinski definition) is 3. The number of ether oxygens (including phenoxy) is 2. The van der Waals surface area contributed by atoms with E-state index in [1.54, 1.807) is 0 Å². The fourth-order valence-electron chi connectivity index (χ4n) is 2.98. The Hall–Kier alpha value is -2.52. The van der Waals surface area contributed by atoms with Crippen LogP contribution in [0.2, 0.25) is 0 Å². The summed E-state index contributed by atoms with van der Waals surface area (Å²) in [6.07, 6.45) is 0. The molecule has 3 rings (SSSR count). The van der Waals surface area contributed by atoms with E-state index in [0.29, 0.717) is 13.2 Å². The lowest BCUT2D eigenvalue weighted by atomic mass is 10.0. The van der Waals surface area contributed by atoms with Gasteiger partial charge in [-0.2, -0.15) is 0 Å². The summed E-state index contributed by atoms with van der Waals surface area (Å²) in [6, 6.07) is 18.8. The van der Waals surface area contributed by atoms with Gasteiger partial charge in [0.15, 0.2) is 0 Å². The zero-order valence-electron chi connectivity index (χ0n) is 15.1. The number of fused-ring (bicyclic) bond motifs is 1. The quantitative estimate of drug-likeness (QED) is 0.638. The largest absolute Gasteiger partial charge is 0.490 e. The SMILES string of the molecule is CNCc1c(OCCOc2cc(C)ccc2C)ccc2ccccc12. The molecule has 0 aliphatic carbocycles. The first-order valence-electron chi connectivity index (χ1n) is 8.67. The van der Waals surface area contributed by atoms with E-state index in [1.807, 2.05) is 13.1 Å². The Morgan fingerprint density at radius 3 is 2.40 bits per heavy atom. The van der Waals surface area contributed by atoms with Crippen LogP contribution in [0.15, 0.2) is 54.6 Å². The van der Waals surface area contributed by atoms with Crippen LogP contribution in [-0.2, 0) is 6.54 Å². The molecule has 0 aliphatic rings. The standard InChI is InChI=1S/C22H25NO2/c1-16-8-9-17(2)22(14-16)25-13-12-24-21-11-10-18-6-4-5-7-19(18)20(21)15-23-3/h4-11,14,23H,12-13,15H2,1-3H3. The Balaban J connectivity index is 1.68. The first-order chi connectivity index (χ1) is 12.2. The summed E-state index contributed by atoms with van der Waals surface area (Å²) < 4.78 is 11.9. The monoisotopic (exact) mass is 335 g/mol. The van der Waals surface area contributed by atoms with E-state index in [4.69, 9.17) is 9.47 Å². The Morgan fingerprint density at radius 2 is 1.60 bits per heavy atom. The number of nitrogens with one attached hydrogen (secondary N) is 1. The van der Waals surface area contributed by atoms with E-state index in [-0.39, 0.29) is 0 Å². The van der Waals surface area contributed by atoms with Crippen molar-refractivity contribution in [1.82, 2.24) is 5.32 Å². The fourth-order valence-corrected chi connectivity index (χ4v) is 2.98. The van der Waals surface area contributed by atoms with Crippen LogP contribution in [0, 0.1) is 13.8 Å². The summed E-state index contributed by atoms with van der Waals surface area (Å²) in [7, 11) is 1.95. The predicted molar refractivity (Wildman–Crippen MR) is 104 cm³/mol. The van der Waals surface area contributed by atoms with Gasteiger partial charge in [-0.15, -0.1) is 0 Å². The highest BCUT2D eigenvalue weighted by Crippen LogP contribution is 2.28. The molecule has 0 aliphatic heterocycles. The van der Waals surface area contributed by atoms with Crippen molar-refractivity contribution in [2.24, 2.45) is 0 Å². The molecule has 0 bridgehead atoms. The van der Waals surface area contributed by atoms with Crippen LogP contribution in [0.1, 0.15) is 16.7 Å². The topological polar surface area (TPSA) is 30.5 Å². The Labute approximate surface area is 149 Å². The summed E-state index contributed by atoms with van der Waals surface area (Å²) >= 11 is 0. The lowest BCUT2D eigenvalue weighted by Gasteiger charge is -2.15. The number of rotatable bonds is 7. The first kappa shape index (κ1) is 17.3. The average Bonchev–Trinajstić information content (AvgIpc) is 2.63. The Kier molecular flexibility index (Phi) is 5.56. The minimum Gasteiger partial charge on any atom is -0.490 e. The summed E-state index contributed by atoms with van der Waals surface area (Å²) in [5.74, 6) is 1.84. The van der Waals surface area contributed by atoms with E-state index in [2.05, 4.69) is 67.7 Å². The molecule has 0 radical (unpaired) electrons. The van der Waals surface area contributed by atoms with Crippen molar-refractivity contribution in [3.63, 3.8) is 0 Å². The van der Waals surface area contributed by atoms with Crippen molar-refractivity contribution in [1.29, 1.82) is 0 Å². The fraction of sp³-hybridized carbons (Fsp3) is 0.273. The molecule has 3 nitrogen and oxygen atoms in total. The third kappa shape index (κ3) is 4.12. The second-order valence-corrected chi connectivity index (χ2v) is 6.26. The number of hydrogen-bond donors (Lipinski definition) is 1. The van der Waals surface area contributed by atoms with Gasteiger partial charge in [-0.1, -0.05) is 42.5 Å². The maximum atomic E-state index is 6.02. The summed E-state index contributed by atoms with van der Waals surface area (Å²) in [4.78, 5) is 0. The maximum absolute atomic E-state index is 6.02. The minimum absolute atomic E-state index is 0.516. The van der Waals surface area contributed by atoms with Crippen molar-refractivity contribution >= 4 is 10.8 Å². The van der Waals surface area contributed by atoms with Gasteiger partial charge < -0.3 is 14.8 Å². The molecule has 3 heteroatoms. The molecule has 0 amide bonds. The molecule has 3 aromatic carbocycles. The second kappa shape index (κ2) is 8.04. The third-order valence-electron chi connectivity index (χ3n) is 4.29. The highest BCUT2D eigenvalue weighted by Gasteiger charge is 2.08. The van der Waals surface area contributed by atoms with Crippen molar-refractivity contribution < 1.29 is 9.47 Å². The van der Waals surface area contributed by atoms with Crippen molar-refractivity contribution in [3.05, 3.63) is 71.3 Å². The highest BCUT2D eigenvalue weighted by atomic mass is 16.5. The molecule has 130 valence electrons. The lowest BCUT2D eigenvalue weighted by Crippen LogP contribution is -2.13. The lowest BCUT2D eigenvalue weighted by molar-refractivity contribution is 0.215. The Bertz CT molecular complexity index is 858. The van der Waals surface area contributed by atoms with Gasteiger partial charge in [-0.05, 0) is 54.9 Å². The Morgan fingerprint density at radius 1 is 0.840 bits per heavy atom. The molecule has 0 saturated heterocycles. The van der Waals surface area contributed by atoms with Crippen LogP contribution in [-0.4, -0.2) is 20.3 Å². The van der Waals surface area contributed by atoms with Crippen molar-refractivity contribution in [3.8, 4) is 11.5 Å². The van der Waals surface area contributed by atoms with Crippen molar-refractivity contribution in [2.75, 3.05) is 20.3 Å². The molecule has 25 heavy (non-hydrogen) atoms. The molecule has 0 spiro atoms. The van der Waals surface area contributed by atoms with Gasteiger partial charge in [-0.25, -0.2) is 0 Å². The van der Waals surface area contributed by atoms with Crippen LogP contribution in [0.5, 0.6) is 11.5 Å². The van der Waals surface area contributed by atoms with Gasteiger partial charge >= 0.3 is 0 Å². The molecule has 0 unspecified atom stereocenters. The molecule has 3 aromatic rings. The third-order valence-corrected chi connectivity index (χ3v) is 4.29. The number of aryl methyl sites for hydroxylation is 2. The van der Waals surface area contributed by atoms with E-state index in [9.17, 15) is 0 Å². The van der Waals surface area contributed by atoms with Crippen LogP contribution in [0.25, 0.3) is 10.8 Å². The zero-order chi connectivity index (χ0) is 17.6. The highest BCUT2D eigenvalue weighted by molar-refractivity contribution is 5.87. The van der Waals surface area contributed by atoms with E-state index < -0.39 is 0 Å². The minimum atomic E-state index is 0.516. The van der Waals surface area contributed by atoms with Crippen LogP contribution >= 0.6 is 0 Å². The molecular weight excluding hydrogens is 310 g/mol. The van der Waals surface area contributed by atoms with Gasteiger partial charge in [0.25, 0.3) is 0 Å². The predicted octanol–water partition coefficient (Wildman–Crippen LogP) is 4.63. The molecule has 0 heterocycles. The summed E-state index contributed by atoms with van der Waals surface area (Å²) in [5, 5.41) is 5.69. The number of benzene rings is 3. The average molecular weight is 335 g/mol. The molecular formula is C22H25NO2. The molecule has 0 aromatic heterocycles. The summed E-state index contributed by atoms with van der Waals surface area (Å²) in [6.45, 7) is 5.94. The normalized spacial score (nSPS) is 10.8. The molecule has 0 saturated carbocycles. The first-order valence-corrected chi connectivity index (χ1v) is 8.67. The second-order valence-electron chi connectivity index (χ2n) is 6.26. The van der Waals surface area contributed by atoms with E-state index >= 15 is 0 Å². The molecule has 0 fully saturated rings. The van der Waals surface area contributed by atoms with Gasteiger partial charge in [-0.3, -0.25) is 0 Å². The summed E-state index contributed by atoms with van der Waals surface area (Å²) in [5.41, 5.74) is 3.53. The van der Waals surface area contributed by atoms with Gasteiger partial charge in [0.1, 0.15) is 24.7 Å². The van der Waals surface area contributed by atoms with Crippen LogP contribution < -0.4 is 14.8 Å².